The summed E-state index contributed by atoms with van der Waals surface area (Å²) in [6.07, 6.45) is -2.66. The Morgan fingerprint density at radius 3 is 1.92 bits per heavy atom. The van der Waals surface area contributed by atoms with E-state index in [2.05, 4.69) is 45.5 Å². The summed E-state index contributed by atoms with van der Waals surface area (Å²) in [5.41, 5.74) is 9.52. The van der Waals surface area contributed by atoms with E-state index >= 15 is 0 Å². The Morgan fingerprint density at radius 2 is 1.21 bits per heavy atom. The molecular weight excluding hydrogens is 672 g/mol. The maximum Gasteiger partial charge on any atom is 0.416 e. The molecule has 256 valence electrons. The number of hydrogen-bond acceptors (Lipinski definition) is 5. The maximum absolute atomic E-state index is 13.4. The summed E-state index contributed by atoms with van der Waals surface area (Å²) in [6.45, 7) is 2.00. The predicted octanol–water partition coefficient (Wildman–Crippen LogP) is 11.6. The summed E-state index contributed by atoms with van der Waals surface area (Å²) >= 11 is 0. The number of aromatic nitrogens is 5. The first-order valence-electron chi connectivity index (χ1n) is 16.9. The molecule has 0 aliphatic rings. The number of aryl methyl sites for hydroxylation is 1. The molecule has 0 amide bonds. The standard InChI is InChI=1S/C44H28F3N5O/c1-27-11-13-29(14-12-27)41-50-51-42(30-15-19-34(20-16-30)44(45,46)47)52(41)35-21-17-28(18-22-35)31-24-32(36-6-4-9-38-37(36)7-5-23-48-38)26-33(25-31)43-49-39-8-2-3-10-40(39)53-43/h2-26H,1H3. The second kappa shape index (κ2) is 12.7. The van der Waals surface area contributed by atoms with Crippen LogP contribution in [-0.2, 0) is 6.18 Å². The summed E-state index contributed by atoms with van der Waals surface area (Å²) in [5.74, 6) is 1.50. The molecule has 0 fully saturated rings. The minimum Gasteiger partial charge on any atom is -0.436 e. The minimum atomic E-state index is -4.45. The molecule has 0 bridgehead atoms. The van der Waals surface area contributed by atoms with Gasteiger partial charge in [-0.25, -0.2) is 4.98 Å². The number of hydrogen-bond donors (Lipinski definition) is 0. The Hall–Kier alpha value is -6.87. The van der Waals surface area contributed by atoms with E-state index in [1.807, 2.05) is 102 Å². The fourth-order valence-corrected chi connectivity index (χ4v) is 6.64. The number of nitrogens with zero attached hydrogens (tertiary/aromatic N) is 5. The third kappa shape index (κ3) is 6.02. The lowest BCUT2D eigenvalue weighted by atomic mass is 9.94. The van der Waals surface area contributed by atoms with Gasteiger partial charge in [-0.15, -0.1) is 10.2 Å². The second-order valence-electron chi connectivity index (χ2n) is 12.8. The van der Waals surface area contributed by atoms with Crippen LogP contribution >= 0.6 is 0 Å². The number of fused-ring (bicyclic) bond motifs is 2. The average Bonchev–Trinajstić information content (AvgIpc) is 3.83. The van der Waals surface area contributed by atoms with Crippen molar-refractivity contribution in [1.29, 1.82) is 0 Å². The van der Waals surface area contributed by atoms with Crippen molar-refractivity contribution in [3.8, 4) is 62.2 Å². The monoisotopic (exact) mass is 699 g/mol. The molecule has 0 saturated carbocycles. The van der Waals surface area contributed by atoms with Gasteiger partial charge in [0, 0.05) is 34.0 Å². The van der Waals surface area contributed by atoms with E-state index in [1.165, 1.54) is 12.1 Å². The summed E-state index contributed by atoms with van der Waals surface area (Å²) < 4.78 is 48.4. The summed E-state index contributed by atoms with van der Waals surface area (Å²) in [7, 11) is 0. The largest absolute Gasteiger partial charge is 0.436 e. The molecule has 0 N–H and O–H groups in total. The van der Waals surface area contributed by atoms with E-state index in [-0.39, 0.29) is 0 Å². The van der Waals surface area contributed by atoms with Crippen LogP contribution in [0.25, 0.3) is 84.2 Å². The van der Waals surface area contributed by atoms with Gasteiger partial charge in [0.1, 0.15) is 5.52 Å². The van der Waals surface area contributed by atoms with Gasteiger partial charge < -0.3 is 4.42 Å². The molecule has 53 heavy (non-hydrogen) atoms. The highest BCUT2D eigenvalue weighted by Gasteiger charge is 2.30. The zero-order chi connectivity index (χ0) is 36.1. The normalized spacial score (nSPS) is 11.8. The second-order valence-corrected chi connectivity index (χ2v) is 12.8. The molecule has 0 aliphatic carbocycles. The molecule has 9 rings (SSSR count). The lowest BCUT2D eigenvalue weighted by Crippen LogP contribution is -2.05. The van der Waals surface area contributed by atoms with Gasteiger partial charge in [-0.3, -0.25) is 9.55 Å². The van der Waals surface area contributed by atoms with Gasteiger partial charge in [-0.2, -0.15) is 13.2 Å². The minimum absolute atomic E-state index is 0.423. The topological polar surface area (TPSA) is 69.6 Å². The van der Waals surface area contributed by atoms with Crippen molar-refractivity contribution in [2.75, 3.05) is 0 Å². The Bertz CT molecular complexity index is 2730. The lowest BCUT2D eigenvalue weighted by molar-refractivity contribution is -0.137. The summed E-state index contributed by atoms with van der Waals surface area (Å²) in [4.78, 5) is 9.38. The molecular formula is C44H28F3N5O. The Labute approximate surface area is 301 Å². The van der Waals surface area contributed by atoms with Crippen molar-refractivity contribution in [2.24, 2.45) is 0 Å². The molecule has 3 aromatic heterocycles. The first-order valence-corrected chi connectivity index (χ1v) is 16.9. The van der Waals surface area contributed by atoms with Crippen molar-refractivity contribution in [2.45, 2.75) is 13.1 Å². The van der Waals surface area contributed by atoms with Gasteiger partial charge in [0.25, 0.3) is 0 Å². The maximum atomic E-state index is 13.4. The number of benzene rings is 6. The van der Waals surface area contributed by atoms with Crippen LogP contribution in [0.2, 0.25) is 0 Å². The number of oxazole rings is 1. The average molecular weight is 700 g/mol. The lowest BCUT2D eigenvalue weighted by Gasteiger charge is -2.14. The fraction of sp³-hybridized carbons (Fsp3) is 0.0455. The number of pyridine rings is 1. The quantitative estimate of drug-likeness (QED) is 0.173. The smallest absolute Gasteiger partial charge is 0.416 e. The Morgan fingerprint density at radius 1 is 0.566 bits per heavy atom. The fourth-order valence-electron chi connectivity index (χ4n) is 6.64. The first kappa shape index (κ1) is 32.1. The number of rotatable bonds is 6. The van der Waals surface area contributed by atoms with E-state index in [4.69, 9.17) is 9.40 Å². The Kier molecular flexibility index (Phi) is 7.69. The molecule has 9 aromatic rings. The van der Waals surface area contributed by atoms with Gasteiger partial charge in [0.05, 0.1) is 11.1 Å². The van der Waals surface area contributed by atoms with Crippen LogP contribution in [0.3, 0.4) is 0 Å². The van der Waals surface area contributed by atoms with Crippen molar-refractivity contribution >= 4 is 22.0 Å². The third-order valence-electron chi connectivity index (χ3n) is 9.33. The van der Waals surface area contributed by atoms with Crippen molar-refractivity contribution < 1.29 is 17.6 Å². The van der Waals surface area contributed by atoms with Crippen LogP contribution < -0.4 is 0 Å². The van der Waals surface area contributed by atoms with Crippen molar-refractivity contribution in [1.82, 2.24) is 24.7 Å². The highest BCUT2D eigenvalue weighted by molar-refractivity contribution is 5.96. The molecule has 0 aliphatic heterocycles. The molecule has 3 heterocycles. The first-order chi connectivity index (χ1) is 25.8. The molecule has 6 aromatic carbocycles. The third-order valence-corrected chi connectivity index (χ3v) is 9.33. The van der Waals surface area contributed by atoms with Gasteiger partial charge in [0.2, 0.25) is 5.89 Å². The molecule has 0 radical (unpaired) electrons. The molecule has 0 atom stereocenters. The van der Waals surface area contributed by atoms with Crippen LogP contribution in [0.4, 0.5) is 13.2 Å². The van der Waals surface area contributed by atoms with E-state index in [0.29, 0.717) is 28.7 Å². The van der Waals surface area contributed by atoms with Crippen LogP contribution in [0.1, 0.15) is 11.1 Å². The van der Waals surface area contributed by atoms with Crippen LogP contribution in [0.5, 0.6) is 0 Å². The highest BCUT2D eigenvalue weighted by atomic mass is 19.4. The Balaban J connectivity index is 1.18. The zero-order valence-electron chi connectivity index (χ0n) is 28.2. The number of halogens is 3. The van der Waals surface area contributed by atoms with Crippen LogP contribution in [0, 0.1) is 6.92 Å². The predicted molar refractivity (Wildman–Crippen MR) is 201 cm³/mol. The molecule has 9 heteroatoms. The zero-order valence-corrected chi connectivity index (χ0v) is 28.2. The molecule has 6 nitrogen and oxygen atoms in total. The van der Waals surface area contributed by atoms with E-state index in [9.17, 15) is 13.2 Å². The van der Waals surface area contributed by atoms with E-state index < -0.39 is 11.7 Å². The van der Waals surface area contributed by atoms with Gasteiger partial charge in [-0.1, -0.05) is 84.4 Å². The molecule has 0 saturated heterocycles. The number of para-hydroxylation sites is 2. The van der Waals surface area contributed by atoms with Gasteiger partial charge >= 0.3 is 6.18 Å². The SMILES string of the molecule is Cc1ccc(-c2nnc(-c3ccc(C(F)(F)F)cc3)n2-c2ccc(-c3cc(-c4nc5ccccc5o4)cc(-c4cccc5ncccc45)c3)cc2)cc1. The van der Waals surface area contributed by atoms with Gasteiger partial charge in [-0.05, 0) is 95.9 Å². The van der Waals surface area contributed by atoms with E-state index in [0.717, 1.165) is 73.2 Å². The van der Waals surface area contributed by atoms with Crippen molar-refractivity contribution in [3.05, 3.63) is 163 Å². The van der Waals surface area contributed by atoms with Crippen LogP contribution in [-0.4, -0.2) is 24.7 Å². The highest BCUT2D eigenvalue weighted by Crippen LogP contribution is 2.38. The summed E-state index contributed by atoms with van der Waals surface area (Å²) in [5, 5.41) is 10.0. The molecule has 0 unspecified atom stereocenters. The van der Waals surface area contributed by atoms with Crippen molar-refractivity contribution in [3.63, 3.8) is 0 Å². The number of alkyl halides is 3. The summed E-state index contributed by atoms with van der Waals surface area (Å²) in [6, 6.07) is 44.9. The van der Waals surface area contributed by atoms with Gasteiger partial charge in [0.15, 0.2) is 17.2 Å². The molecule has 0 spiro atoms. The van der Waals surface area contributed by atoms with Crippen LogP contribution in [0.15, 0.2) is 156 Å². The van der Waals surface area contributed by atoms with E-state index in [1.54, 1.807) is 6.20 Å².